The topological polar surface area (TPSA) is 37.4 Å². The Balaban J connectivity index is 2.19. The van der Waals surface area contributed by atoms with Crippen LogP contribution < -0.4 is 0 Å². The van der Waals surface area contributed by atoms with E-state index in [0.717, 1.165) is 11.1 Å². The quantitative estimate of drug-likeness (QED) is 0.789. The minimum absolute atomic E-state index is 0.180. The molecule has 0 saturated carbocycles. The number of benzene rings is 2. The molecule has 2 rings (SSSR count). The Bertz CT molecular complexity index is 699. The molecule has 0 fully saturated rings. The first-order valence-electron chi connectivity index (χ1n) is 6.29. The van der Waals surface area contributed by atoms with Crippen LogP contribution in [0.3, 0.4) is 0 Å². The zero-order valence-corrected chi connectivity index (χ0v) is 13.0. The maximum absolute atomic E-state index is 12.9. The van der Waals surface area contributed by atoms with Gasteiger partial charge < -0.3 is 0 Å². The van der Waals surface area contributed by atoms with Gasteiger partial charge >= 0.3 is 0 Å². The van der Waals surface area contributed by atoms with Crippen molar-refractivity contribution in [3.8, 4) is 0 Å². The number of rotatable bonds is 5. The predicted molar refractivity (Wildman–Crippen MR) is 81.1 cm³/mol. The average Bonchev–Trinajstić information content (AvgIpc) is 2.49. The van der Waals surface area contributed by atoms with Crippen LogP contribution in [0.15, 0.2) is 53.4 Å². The molecule has 0 aromatic heterocycles. The van der Waals surface area contributed by atoms with Crippen molar-refractivity contribution in [3.05, 3.63) is 65.5 Å². The Morgan fingerprint density at radius 1 is 1.00 bits per heavy atom. The van der Waals surface area contributed by atoms with Crippen LogP contribution in [-0.4, -0.2) is 19.8 Å². The van der Waals surface area contributed by atoms with Gasteiger partial charge in [0.25, 0.3) is 0 Å². The van der Waals surface area contributed by atoms with E-state index in [1.165, 1.54) is 35.6 Å². The first-order valence-corrected chi connectivity index (χ1v) is 8.26. The molecule has 0 spiro atoms. The highest BCUT2D eigenvalue weighted by atomic mass is 35.5. The van der Waals surface area contributed by atoms with Crippen LogP contribution in [-0.2, 0) is 22.4 Å². The molecule has 2 aromatic carbocycles. The van der Waals surface area contributed by atoms with E-state index in [1.807, 2.05) is 0 Å². The third-order valence-electron chi connectivity index (χ3n) is 3.10. The normalized spacial score (nSPS) is 11.8. The Morgan fingerprint density at radius 2 is 1.52 bits per heavy atom. The summed E-state index contributed by atoms with van der Waals surface area (Å²) in [7, 11) is -2.08. The van der Waals surface area contributed by atoms with E-state index < -0.39 is 10.0 Å². The SMILES string of the molecule is CN(Cc1ccc(F)cc1)S(=O)(=O)c1ccc(CCl)cc1. The summed E-state index contributed by atoms with van der Waals surface area (Å²) >= 11 is 5.69. The summed E-state index contributed by atoms with van der Waals surface area (Å²) in [6.45, 7) is 0.180. The number of nitrogens with zero attached hydrogens (tertiary/aromatic N) is 1. The average molecular weight is 328 g/mol. The lowest BCUT2D eigenvalue weighted by Crippen LogP contribution is -2.26. The van der Waals surface area contributed by atoms with Crippen molar-refractivity contribution in [1.82, 2.24) is 4.31 Å². The second kappa shape index (κ2) is 6.56. The lowest BCUT2D eigenvalue weighted by Gasteiger charge is -2.17. The molecule has 0 aliphatic rings. The highest BCUT2D eigenvalue weighted by molar-refractivity contribution is 7.89. The van der Waals surface area contributed by atoms with Gasteiger partial charge in [0.2, 0.25) is 10.0 Å². The summed E-state index contributed by atoms with van der Waals surface area (Å²) in [6, 6.07) is 12.2. The Kier molecular flexibility index (Phi) is 4.98. The first kappa shape index (κ1) is 15.9. The van der Waals surface area contributed by atoms with Crippen LogP contribution in [0.5, 0.6) is 0 Å². The highest BCUT2D eigenvalue weighted by Gasteiger charge is 2.20. The minimum Gasteiger partial charge on any atom is -0.207 e. The van der Waals surface area contributed by atoms with Crippen LogP contribution in [0.2, 0.25) is 0 Å². The molecule has 0 aliphatic carbocycles. The van der Waals surface area contributed by atoms with Gasteiger partial charge in [-0.3, -0.25) is 0 Å². The van der Waals surface area contributed by atoms with Crippen molar-refractivity contribution in [3.63, 3.8) is 0 Å². The number of halogens is 2. The van der Waals surface area contributed by atoms with E-state index in [9.17, 15) is 12.8 Å². The molecule has 0 radical (unpaired) electrons. The van der Waals surface area contributed by atoms with Crippen molar-refractivity contribution in [2.75, 3.05) is 7.05 Å². The van der Waals surface area contributed by atoms with Gasteiger partial charge in [-0.15, -0.1) is 11.6 Å². The third-order valence-corrected chi connectivity index (χ3v) is 5.23. The second-order valence-corrected chi connectivity index (χ2v) is 6.98. The molecule has 0 saturated heterocycles. The summed E-state index contributed by atoms with van der Waals surface area (Å²) < 4.78 is 38.9. The van der Waals surface area contributed by atoms with Crippen molar-refractivity contribution in [2.24, 2.45) is 0 Å². The van der Waals surface area contributed by atoms with Gasteiger partial charge in [0, 0.05) is 19.5 Å². The summed E-state index contributed by atoms with van der Waals surface area (Å²) in [5, 5.41) is 0. The highest BCUT2D eigenvalue weighted by Crippen LogP contribution is 2.18. The minimum atomic E-state index is -3.58. The molecule has 0 N–H and O–H groups in total. The number of sulfonamides is 1. The van der Waals surface area contributed by atoms with Gasteiger partial charge in [-0.25, -0.2) is 12.8 Å². The lowest BCUT2D eigenvalue weighted by molar-refractivity contribution is 0.466. The molecule has 6 heteroatoms. The molecule has 0 bridgehead atoms. The third kappa shape index (κ3) is 3.81. The lowest BCUT2D eigenvalue weighted by atomic mass is 10.2. The van der Waals surface area contributed by atoms with Crippen LogP contribution in [0, 0.1) is 5.82 Å². The van der Waals surface area contributed by atoms with Gasteiger partial charge in [-0.05, 0) is 35.4 Å². The van der Waals surface area contributed by atoms with Crippen molar-refractivity contribution < 1.29 is 12.8 Å². The predicted octanol–water partition coefficient (Wildman–Crippen LogP) is 3.39. The summed E-state index contributed by atoms with van der Waals surface area (Å²) in [5.41, 5.74) is 1.58. The maximum Gasteiger partial charge on any atom is 0.243 e. The zero-order valence-electron chi connectivity index (χ0n) is 11.5. The molecule has 0 unspecified atom stereocenters. The van der Waals surface area contributed by atoms with E-state index in [0.29, 0.717) is 5.88 Å². The molecule has 2 aromatic rings. The van der Waals surface area contributed by atoms with Crippen LogP contribution in [0.1, 0.15) is 11.1 Å². The number of hydrogen-bond donors (Lipinski definition) is 0. The Labute approximate surface area is 129 Å². The molecule has 0 aliphatic heterocycles. The summed E-state index contributed by atoms with van der Waals surface area (Å²) in [4.78, 5) is 0.209. The zero-order chi connectivity index (χ0) is 15.5. The monoisotopic (exact) mass is 327 g/mol. The van der Waals surface area contributed by atoms with Crippen LogP contribution in [0.4, 0.5) is 4.39 Å². The van der Waals surface area contributed by atoms with E-state index in [4.69, 9.17) is 11.6 Å². The molecule has 0 amide bonds. The van der Waals surface area contributed by atoms with Gasteiger partial charge in [0.1, 0.15) is 5.82 Å². The van der Waals surface area contributed by atoms with Gasteiger partial charge in [-0.1, -0.05) is 24.3 Å². The number of hydrogen-bond acceptors (Lipinski definition) is 2. The summed E-state index contributed by atoms with van der Waals surface area (Å²) in [6.07, 6.45) is 0. The first-order chi connectivity index (χ1) is 9.93. The Hall–Kier alpha value is -1.43. The molecular formula is C15H15ClFNO2S. The number of alkyl halides is 1. The van der Waals surface area contributed by atoms with E-state index >= 15 is 0 Å². The molecule has 0 atom stereocenters. The fraction of sp³-hybridized carbons (Fsp3) is 0.200. The van der Waals surface area contributed by atoms with Gasteiger partial charge in [0.05, 0.1) is 4.90 Å². The fourth-order valence-electron chi connectivity index (χ4n) is 1.86. The van der Waals surface area contributed by atoms with Crippen LogP contribution in [0.25, 0.3) is 0 Å². The van der Waals surface area contributed by atoms with Gasteiger partial charge in [0.15, 0.2) is 0 Å². The fourth-order valence-corrected chi connectivity index (χ4v) is 3.20. The van der Waals surface area contributed by atoms with Gasteiger partial charge in [-0.2, -0.15) is 4.31 Å². The molecule has 3 nitrogen and oxygen atoms in total. The van der Waals surface area contributed by atoms with Crippen LogP contribution >= 0.6 is 11.6 Å². The van der Waals surface area contributed by atoms with Crippen molar-refractivity contribution in [2.45, 2.75) is 17.3 Å². The van der Waals surface area contributed by atoms with E-state index in [2.05, 4.69) is 0 Å². The van der Waals surface area contributed by atoms with E-state index in [-0.39, 0.29) is 17.3 Å². The smallest absolute Gasteiger partial charge is 0.207 e. The van der Waals surface area contributed by atoms with E-state index in [1.54, 1.807) is 24.3 Å². The van der Waals surface area contributed by atoms with Crippen molar-refractivity contribution in [1.29, 1.82) is 0 Å². The van der Waals surface area contributed by atoms with Crippen molar-refractivity contribution >= 4 is 21.6 Å². The Morgan fingerprint density at radius 3 is 2.05 bits per heavy atom. The summed E-state index contributed by atoms with van der Waals surface area (Å²) in [5.74, 6) is -0.00733. The molecular weight excluding hydrogens is 313 g/mol. The standard InChI is InChI=1S/C15H15ClFNO2S/c1-18(11-13-2-6-14(17)7-3-13)21(19,20)15-8-4-12(10-16)5-9-15/h2-9H,10-11H2,1H3. The molecule has 21 heavy (non-hydrogen) atoms. The maximum atomic E-state index is 12.9. The second-order valence-electron chi connectivity index (χ2n) is 4.67. The molecule has 0 heterocycles. The molecule has 112 valence electrons. The largest absolute Gasteiger partial charge is 0.243 e.